The molecule has 9 heteroatoms. The Labute approximate surface area is 177 Å². The Balaban J connectivity index is 2.00. The van der Waals surface area contributed by atoms with Crippen molar-refractivity contribution in [3.05, 3.63) is 33.2 Å². The summed E-state index contributed by atoms with van der Waals surface area (Å²) in [5.41, 5.74) is 4.35. The van der Waals surface area contributed by atoms with Crippen LogP contribution in [0.5, 0.6) is 11.5 Å². The van der Waals surface area contributed by atoms with Gasteiger partial charge in [-0.2, -0.15) is 5.10 Å². The molecule has 0 saturated heterocycles. The highest BCUT2D eigenvalue weighted by Crippen LogP contribution is 2.33. The third-order valence-corrected chi connectivity index (χ3v) is 5.07. The molecule has 7 nitrogen and oxygen atoms in total. The third-order valence-electron chi connectivity index (χ3n) is 3.58. The van der Waals surface area contributed by atoms with E-state index in [2.05, 4.69) is 38.4 Å². The number of nitrogens with one attached hydrogen (secondary N) is 1. The van der Waals surface area contributed by atoms with E-state index in [1.54, 1.807) is 25.6 Å². The highest BCUT2D eigenvalue weighted by Gasteiger charge is 2.10. The Morgan fingerprint density at radius 3 is 2.89 bits per heavy atom. The van der Waals surface area contributed by atoms with Gasteiger partial charge in [0.05, 0.1) is 38.7 Å². The summed E-state index contributed by atoms with van der Waals surface area (Å²) in [6.45, 7) is 4.90. The van der Waals surface area contributed by atoms with Gasteiger partial charge >= 0.3 is 5.97 Å². The van der Waals surface area contributed by atoms with Crippen molar-refractivity contribution in [2.75, 3.05) is 25.7 Å². The number of aromatic nitrogens is 1. The second-order valence-electron chi connectivity index (χ2n) is 5.72. The molecule has 0 aliphatic heterocycles. The van der Waals surface area contributed by atoms with Crippen molar-refractivity contribution in [1.29, 1.82) is 0 Å². The fourth-order valence-corrected chi connectivity index (χ4v) is 3.29. The quantitative estimate of drug-likeness (QED) is 0.223. The number of rotatable bonds is 11. The van der Waals surface area contributed by atoms with Crippen LogP contribution in [-0.2, 0) is 16.0 Å². The molecule has 2 aromatic rings. The predicted octanol–water partition coefficient (Wildman–Crippen LogP) is 4.64. The van der Waals surface area contributed by atoms with E-state index >= 15 is 0 Å². The lowest BCUT2D eigenvalue weighted by Crippen LogP contribution is -2.07. The lowest BCUT2D eigenvalue weighted by molar-refractivity contribution is -0.142. The molecule has 28 heavy (non-hydrogen) atoms. The zero-order valence-corrected chi connectivity index (χ0v) is 18.6. The van der Waals surface area contributed by atoms with Crippen LogP contribution in [0.4, 0.5) is 5.13 Å². The van der Waals surface area contributed by atoms with E-state index in [4.69, 9.17) is 14.2 Å². The van der Waals surface area contributed by atoms with Gasteiger partial charge in [0.2, 0.25) is 5.13 Å². The maximum Gasteiger partial charge on any atom is 0.311 e. The number of thiazole rings is 1. The first kappa shape index (κ1) is 22.2. The SMILES string of the molecule is CCCCOc1cc(Br)c(C=NNc2nc(CC(=O)OCC)cs2)cc1OC. The van der Waals surface area contributed by atoms with Crippen molar-refractivity contribution in [2.24, 2.45) is 5.10 Å². The molecule has 152 valence electrons. The van der Waals surface area contributed by atoms with Crippen LogP contribution >= 0.6 is 27.3 Å². The van der Waals surface area contributed by atoms with Crippen LogP contribution in [0.15, 0.2) is 27.1 Å². The van der Waals surface area contributed by atoms with Gasteiger partial charge in [0, 0.05) is 15.4 Å². The second kappa shape index (κ2) is 11.7. The average Bonchev–Trinajstić information content (AvgIpc) is 3.10. The fourth-order valence-electron chi connectivity index (χ4n) is 2.21. The number of methoxy groups -OCH3 is 1. The molecule has 0 saturated carbocycles. The molecule has 1 N–H and O–H groups in total. The van der Waals surface area contributed by atoms with Crippen LogP contribution in [0.2, 0.25) is 0 Å². The Hall–Kier alpha value is -2.13. The highest BCUT2D eigenvalue weighted by molar-refractivity contribution is 9.10. The number of anilines is 1. The van der Waals surface area contributed by atoms with Crippen molar-refractivity contribution in [3.8, 4) is 11.5 Å². The van der Waals surface area contributed by atoms with Gasteiger partial charge in [0.25, 0.3) is 0 Å². The van der Waals surface area contributed by atoms with Crippen molar-refractivity contribution in [2.45, 2.75) is 33.1 Å². The summed E-state index contributed by atoms with van der Waals surface area (Å²) < 4.78 is 16.9. The van der Waals surface area contributed by atoms with E-state index < -0.39 is 0 Å². The molecule has 1 aromatic carbocycles. The lowest BCUT2D eigenvalue weighted by Gasteiger charge is -2.12. The number of halogens is 1. The first-order valence-electron chi connectivity index (χ1n) is 8.96. The number of benzene rings is 1. The molecule has 0 fully saturated rings. The summed E-state index contributed by atoms with van der Waals surface area (Å²) in [5, 5.41) is 6.61. The second-order valence-corrected chi connectivity index (χ2v) is 7.43. The smallest absolute Gasteiger partial charge is 0.311 e. The molecule has 0 amide bonds. The van der Waals surface area contributed by atoms with Gasteiger partial charge in [-0.15, -0.1) is 11.3 Å². The summed E-state index contributed by atoms with van der Waals surface area (Å²) in [5.74, 6) is 1.04. The fraction of sp³-hybridized carbons (Fsp3) is 0.421. The molecule has 0 bridgehead atoms. The summed E-state index contributed by atoms with van der Waals surface area (Å²) in [6.07, 6.45) is 3.87. The zero-order valence-electron chi connectivity index (χ0n) is 16.2. The highest BCUT2D eigenvalue weighted by atomic mass is 79.9. The summed E-state index contributed by atoms with van der Waals surface area (Å²) in [7, 11) is 1.61. The summed E-state index contributed by atoms with van der Waals surface area (Å²) >= 11 is 4.90. The van der Waals surface area contributed by atoms with Gasteiger partial charge in [-0.3, -0.25) is 10.2 Å². The Kier molecular flexibility index (Phi) is 9.22. The number of nitrogens with zero attached hydrogens (tertiary/aromatic N) is 2. The van der Waals surface area contributed by atoms with E-state index in [9.17, 15) is 4.79 Å². The van der Waals surface area contributed by atoms with Gasteiger partial charge < -0.3 is 14.2 Å². The van der Waals surface area contributed by atoms with E-state index in [-0.39, 0.29) is 12.4 Å². The first-order valence-corrected chi connectivity index (χ1v) is 10.6. The van der Waals surface area contributed by atoms with E-state index in [0.29, 0.717) is 35.5 Å². The topological polar surface area (TPSA) is 82.0 Å². The normalized spacial score (nSPS) is 10.9. The number of hydrogen-bond donors (Lipinski definition) is 1. The molecule has 2 rings (SSSR count). The number of esters is 1. The van der Waals surface area contributed by atoms with Crippen LogP contribution < -0.4 is 14.9 Å². The molecule has 0 radical (unpaired) electrons. The molecular formula is C19H24BrN3O4S. The zero-order chi connectivity index (χ0) is 20.4. The summed E-state index contributed by atoms with van der Waals surface area (Å²) in [4.78, 5) is 15.8. The molecule has 0 aliphatic carbocycles. The molecule has 0 atom stereocenters. The number of carbonyl (C=O) groups is 1. The van der Waals surface area contributed by atoms with Crippen LogP contribution in [0, 0.1) is 0 Å². The first-order chi connectivity index (χ1) is 13.6. The number of carbonyl (C=O) groups excluding carboxylic acids is 1. The maximum atomic E-state index is 11.5. The van der Waals surface area contributed by atoms with E-state index in [1.807, 2.05) is 12.1 Å². The van der Waals surface area contributed by atoms with Gasteiger partial charge in [-0.25, -0.2) is 4.98 Å². The minimum absolute atomic E-state index is 0.151. The van der Waals surface area contributed by atoms with Crippen molar-refractivity contribution in [3.63, 3.8) is 0 Å². The monoisotopic (exact) mass is 469 g/mol. The number of ether oxygens (including phenoxy) is 3. The van der Waals surface area contributed by atoms with Crippen LogP contribution in [-0.4, -0.2) is 37.5 Å². The van der Waals surface area contributed by atoms with Crippen LogP contribution in [0.1, 0.15) is 37.9 Å². The number of hydrogen-bond acceptors (Lipinski definition) is 8. The van der Waals surface area contributed by atoms with E-state index in [1.165, 1.54) is 11.3 Å². The molecular weight excluding hydrogens is 446 g/mol. The van der Waals surface area contributed by atoms with Crippen molar-refractivity contribution >= 4 is 44.6 Å². The standard InChI is InChI=1S/C19H24BrN3O4S/c1-4-6-7-27-17-10-15(20)13(8-16(17)25-3)11-21-23-19-22-14(12-28-19)9-18(24)26-5-2/h8,10-12H,4-7,9H2,1-3H3,(H,22,23). The number of hydrazone groups is 1. The molecule has 0 spiro atoms. The number of unbranched alkanes of at least 4 members (excludes halogenated alkanes) is 1. The van der Waals surface area contributed by atoms with Crippen molar-refractivity contribution in [1.82, 2.24) is 4.98 Å². The van der Waals surface area contributed by atoms with E-state index in [0.717, 1.165) is 22.9 Å². The minimum Gasteiger partial charge on any atom is -0.493 e. The van der Waals surface area contributed by atoms with Crippen LogP contribution in [0.25, 0.3) is 0 Å². The van der Waals surface area contributed by atoms with Gasteiger partial charge in [0.1, 0.15) is 0 Å². The largest absolute Gasteiger partial charge is 0.493 e. The van der Waals surface area contributed by atoms with Crippen LogP contribution in [0.3, 0.4) is 0 Å². The predicted molar refractivity (Wildman–Crippen MR) is 115 cm³/mol. The van der Waals surface area contributed by atoms with Gasteiger partial charge in [0.15, 0.2) is 11.5 Å². The molecule has 0 aliphatic rings. The Morgan fingerprint density at radius 1 is 1.36 bits per heavy atom. The molecule has 0 unspecified atom stereocenters. The summed E-state index contributed by atoms with van der Waals surface area (Å²) in [6, 6.07) is 3.72. The minimum atomic E-state index is -0.292. The molecule has 1 aromatic heterocycles. The third kappa shape index (κ3) is 6.79. The van der Waals surface area contributed by atoms with Gasteiger partial charge in [-0.1, -0.05) is 13.3 Å². The van der Waals surface area contributed by atoms with Gasteiger partial charge in [-0.05, 0) is 41.4 Å². The maximum absolute atomic E-state index is 11.5. The van der Waals surface area contributed by atoms with Crippen molar-refractivity contribution < 1.29 is 19.0 Å². The lowest BCUT2D eigenvalue weighted by atomic mass is 10.2. The average molecular weight is 470 g/mol. The molecule has 1 heterocycles. The Morgan fingerprint density at radius 2 is 2.18 bits per heavy atom. The Bertz CT molecular complexity index is 810.